The number of amides is 2. The second-order valence-corrected chi connectivity index (χ2v) is 7.40. The third-order valence-electron chi connectivity index (χ3n) is 5.21. The van der Waals surface area contributed by atoms with Gasteiger partial charge >= 0.3 is 12.0 Å². The fourth-order valence-corrected chi connectivity index (χ4v) is 3.57. The van der Waals surface area contributed by atoms with Gasteiger partial charge in [-0.2, -0.15) is 0 Å². The molecular formula is C24H28F2N2O3. The van der Waals surface area contributed by atoms with Gasteiger partial charge in [0.15, 0.2) is 0 Å². The molecule has 166 valence electrons. The van der Waals surface area contributed by atoms with Crippen molar-refractivity contribution in [1.82, 2.24) is 9.80 Å². The number of methoxy groups -OCH3 is 1. The molecule has 2 amide bonds. The van der Waals surface area contributed by atoms with Crippen molar-refractivity contribution < 1.29 is 23.1 Å². The van der Waals surface area contributed by atoms with Crippen LogP contribution in [0.1, 0.15) is 31.4 Å². The molecule has 3 rings (SSSR count). The third kappa shape index (κ3) is 5.29. The van der Waals surface area contributed by atoms with Crippen molar-refractivity contribution in [2.45, 2.75) is 25.8 Å². The van der Waals surface area contributed by atoms with E-state index in [0.717, 1.165) is 17.7 Å². The Kier molecular flexibility index (Phi) is 7.91. The van der Waals surface area contributed by atoms with Gasteiger partial charge in [0.05, 0.1) is 12.6 Å². The highest BCUT2D eigenvalue weighted by atomic mass is 19.1. The summed E-state index contributed by atoms with van der Waals surface area (Å²) < 4.78 is 32.2. The Morgan fingerprint density at radius 3 is 2.26 bits per heavy atom. The molecule has 0 saturated heterocycles. The van der Waals surface area contributed by atoms with E-state index >= 15 is 0 Å². The predicted molar refractivity (Wildman–Crippen MR) is 116 cm³/mol. The van der Waals surface area contributed by atoms with Crippen molar-refractivity contribution in [2.75, 3.05) is 27.7 Å². The Hall–Kier alpha value is -3.22. The molecule has 0 fully saturated rings. The standard InChI is InChI=1S/C21H22F2N2O.C3H6O2/c1-4-21(16-8-6-5-7-9-16)13-15(14-25(21)20(26)24(2)3)18-12-17(22)10-11-19(18)23;1-3(4)5-2/h5-13H,4,14H2,1-3H3;1-2H3. The summed E-state index contributed by atoms with van der Waals surface area (Å²) in [6, 6.07) is 12.9. The Balaban J connectivity index is 0.000000614. The Labute approximate surface area is 181 Å². The molecule has 0 saturated carbocycles. The van der Waals surface area contributed by atoms with Gasteiger partial charge < -0.3 is 14.5 Å². The lowest BCUT2D eigenvalue weighted by atomic mass is 9.86. The predicted octanol–water partition coefficient (Wildman–Crippen LogP) is 4.83. The molecule has 7 heteroatoms. The van der Waals surface area contributed by atoms with Gasteiger partial charge in [-0.25, -0.2) is 13.6 Å². The Morgan fingerprint density at radius 1 is 1.13 bits per heavy atom. The molecule has 0 N–H and O–H groups in total. The molecule has 1 aliphatic rings. The summed E-state index contributed by atoms with van der Waals surface area (Å²) in [5, 5.41) is 0. The number of nitrogens with zero attached hydrogens (tertiary/aromatic N) is 2. The number of hydrogen-bond donors (Lipinski definition) is 0. The number of esters is 1. The third-order valence-corrected chi connectivity index (χ3v) is 5.21. The number of halogens is 2. The van der Waals surface area contributed by atoms with Gasteiger partial charge in [-0.1, -0.05) is 37.3 Å². The van der Waals surface area contributed by atoms with Gasteiger partial charge in [0.25, 0.3) is 0 Å². The average Bonchev–Trinajstić information content (AvgIpc) is 3.16. The molecule has 1 heterocycles. The summed E-state index contributed by atoms with van der Waals surface area (Å²) in [5.74, 6) is -1.23. The Bertz CT molecular complexity index is 961. The molecule has 2 aromatic rings. The average molecular weight is 430 g/mol. The second kappa shape index (κ2) is 10.2. The molecule has 0 radical (unpaired) electrons. The lowest BCUT2D eigenvalue weighted by Crippen LogP contribution is -2.49. The van der Waals surface area contributed by atoms with Gasteiger partial charge in [0.2, 0.25) is 0 Å². The molecule has 0 spiro atoms. The van der Waals surface area contributed by atoms with Crippen LogP contribution in [0, 0.1) is 11.6 Å². The summed E-state index contributed by atoms with van der Waals surface area (Å²) in [6.07, 6.45) is 2.53. The normalized spacial score (nSPS) is 17.4. The molecule has 1 atom stereocenters. The molecular weight excluding hydrogens is 402 g/mol. The highest BCUT2D eigenvalue weighted by molar-refractivity contribution is 5.83. The van der Waals surface area contributed by atoms with Gasteiger partial charge in [-0.3, -0.25) is 4.79 Å². The summed E-state index contributed by atoms with van der Waals surface area (Å²) in [7, 11) is 4.73. The van der Waals surface area contributed by atoms with Crippen molar-refractivity contribution in [3.8, 4) is 0 Å². The quantitative estimate of drug-likeness (QED) is 0.656. The minimum atomic E-state index is -0.698. The first-order valence-electron chi connectivity index (χ1n) is 9.92. The number of urea groups is 1. The lowest BCUT2D eigenvalue weighted by molar-refractivity contribution is -0.137. The van der Waals surface area contributed by atoms with E-state index < -0.39 is 17.2 Å². The Morgan fingerprint density at radius 2 is 1.74 bits per heavy atom. The lowest BCUT2D eigenvalue weighted by Gasteiger charge is -2.39. The van der Waals surface area contributed by atoms with Gasteiger partial charge in [-0.05, 0) is 41.8 Å². The second-order valence-electron chi connectivity index (χ2n) is 7.40. The highest BCUT2D eigenvalue weighted by Gasteiger charge is 2.44. The smallest absolute Gasteiger partial charge is 0.320 e. The van der Waals surface area contributed by atoms with E-state index in [1.807, 2.05) is 43.3 Å². The molecule has 5 nitrogen and oxygen atoms in total. The van der Waals surface area contributed by atoms with Crippen molar-refractivity contribution in [3.05, 3.63) is 77.4 Å². The maximum atomic E-state index is 14.3. The largest absolute Gasteiger partial charge is 0.469 e. The number of ether oxygens (including phenoxy) is 1. The summed E-state index contributed by atoms with van der Waals surface area (Å²) in [6.45, 7) is 3.57. The van der Waals surface area contributed by atoms with E-state index in [1.54, 1.807) is 19.0 Å². The maximum absolute atomic E-state index is 14.3. The van der Waals surface area contributed by atoms with Crippen LogP contribution in [-0.4, -0.2) is 49.6 Å². The minimum Gasteiger partial charge on any atom is -0.469 e. The van der Waals surface area contributed by atoms with Crippen LogP contribution in [0.5, 0.6) is 0 Å². The number of carbonyl (C=O) groups is 2. The zero-order valence-corrected chi connectivity index (χ0v) is 18.5. The maximum Gasteiger partial charge on any atom is 0.320 e. The molecule has 0 aliphatic carbocycles. The first-order chi connectivity index (χ1) is 14.7. The summed E-state index contributed by atoms with van der Waals surface area (Å²) in [4.78, 5) is 25.7. The zero-order valence-electron chi connectivity index (χ0n) is 18.5. The SMILES string of the molecule is CCC1(c2ccccc2)C=C(c2cc(F)ccc2F)CN1C(=O)N(C)C.COC(C)=O. The fourth-order valence-electron chi connectivity index (χ4n) is 3.57. The van der Waals surface area contributed by atoms with E-state index in [0.29, 0.717) is 12.0 Å². The van der Waals surface area contributed by atoms with Crippen LogP contribution in [0.2, 0.25) is 0 Å². The monoisotopic (exact) mass is 430 g/mol. The summed E-state index contributed by atoms with van der Waals surface area (Å²) in [5.41, 5.74) is 1.07. The minimum absolute atomic E-state index is 0.168. The van der Waals surface area contributed by atoms with Crippen LogP contribution in [0.3, 0.4) is 0 Å². The van der Waals surface area contributed by atoms with Crippen LogP contribution in [0.15, 0.2) is 54.6 Å². The fraction of sp³-hybridized carbons (Fsp3) is 0.333. The zero-order chi connectivity index (χ0) is 23.2. The van der Waals surface area contributed by atoms with Gasteiger partial charge in [0, 0.05) is 33.1 Å². The molecule has 31 heavy (non-hydrogen) atoms. The van der Waals surface area contributed by atoms with E-state index in [1.165, 1.54) is 25.0 Å². The molecule has 0 bridgehead atoms. The molecule has 2 aromatic carbocycles. The van der Waals surface area contributed by atoms with Crippen LogP contribution in [-0.2, 0) is 15.1 Å². The summed E-state index contributed by atoms with van der Waals surface area (Å²) >= 11 is 0. The van der Waals surface area contributed by atoms with E-state index in [4.69, 9.17) is 0 Å². The van der Waals surface area contributed by atoms with Gasteiger partial charge in [0.1, 0.15) is 11.6 Å². The number of hydrogen-bond acceptors (Lipinski definition) is 3. The van der Waals surface area contributed by atoms with Gasteiger partial charge in [-0.15, -0.1) is 0 Å². The van der Waals surface area contributed by atoms with E-state index in [2.05, 4.69) is 4.74 Å². The first kappa shape index (κ1) is 24.1. The van der Waals surface area contributed by atoms with Crippen molar-refractivity contribution in [3.63, 3.8) is 0 Å². The van der Waals surface area contributed by atoms with Crippen LogP contribution < -0.4 is 0 Å². The van der Waals surface area contributed by atoms with Crippen molar-refractivity contribution >= 4 is 17.6 Å². The number of benzene rings is 2. The molecule has 1 aliphatic heterocycles. The van der Waals surface area contributed by atoms with Crippen molar-refractivity contribution in [1.29, 1.82) is 0 Å². The van der Waals surface area contributed by atoms with E-state index in [9.17, 15) is 18.4 Å². The van der Waals surface area contributed by atoms with Crippen LogP contribution in [0.4, 0.5) is 13.6 Å². The number of rotatable bonds is 3. The topological polar surface area (TPSA) is 49.9 Å². The van der Waals surface area contributed by atoms with E-state index in [-0.39, 0.29) is 24.1 Å². The van der Waals surface area contributed by atoms with Crippen molar-refractivity contribution in [2.24, 2.45) is 0 Å². The molecule has 0 aromatic heterocycles. The highest BCUT2D eigenvalue weighted by Crippen LogP contribution is 2.43. The number of carbonyl (C=O) groups excluding carboxylic acids is 2. The molecule has 1 unspecified atom stereocenters. The van der Waals surface area contributed by atoms with Crippen LogP contribution >= 0.6 is 0 Å². The van der Waals surface area contributed by atoms with Crippen LogP contribution in [0.25, 0.3) is 5.57 Å². The first-order valence-corrected chi connectivity index (χ1v) is 9.92.